The molecule has 0 saturated carbocycles. The van der Waals surface area contributed by atoms with Crippen LogP contribution in [0.4, 0.5) is 0 Å². The van der Waals surface area contributed by atoms with E-state index in [4.69, 9.17) is 9.47 Å². The third-order valence-corrected chi connectivity index (χ3v) is 6.79. The minimum atomic E-state index is 0.0766. The van der Waals surface area contributed by atoms with Crippen LogP contribution in [-0.2, 0) is 0 Å². The Morgan fingerprint density at radius 1 is 0.500 bits per heavy atom. The van der Waals surface area contributed by atoms with E-state index in [1.165, 1.54) is 77.0 Å². The molecular formula is C31H44O3. The van der Waals surface area contributed by atoms with Gasteiger partial charge in [0, 0.05) is 11.1 Å². The lowest BCUT2D eigenvalue weighted by molar-refractivity contribution is 0.104. The van der Waals surface area contributed by atoms with Crippen molar-refractivity contribution < 1.29 is 14.3 Å². The number of rotatable bonds is 18. The van der Waals surface area contributed by atoms with Gasteiger partial charge < -0.3 is 9.47 Å². The van der Waals surface area contributed by atoms with Crippen molar-refractivity contribution >= 4 is 5.78 Å². The van der Waals surface area contributed by atoms with Gasteiger partial charge in [-0.15, -0.1) is 0 Å². The maximum absolute atomic E-state index is 13.1. The van der Waals surface area contributed by atoms with Gasteiger partial charge in [0.25, 0.3) is 0 Å². The lowest BCUT2D eigenvalue weighted by Gasteiger charge is -2.08. The number of fused-ring (bicyclic) bond motifs is 3. The van der Waals surface area contributed by atoms with Gasteiger partial charge in [0.1, 0.15) is 11.5 Å². The number of ketones is 1. The highest BCUT2D eigenvalue weighted by molar-refractivity contribution is 6.22. The normalized spacial score (nSPS) is 12.0. The molecule has 3 nitrogen and oxygen atoms in total. The van der Waals surface area contributed by atoms with Gasteiger partial charge in [-0.25, -0.2) is 0 Å². The van der Waals surface area contributed by atoms with Crippen LogP contribution in [0.15, 0.2) is 36.4 Å². The number of unbranched alkanes of at least 4 members (excludes halogenated alkanes) is 12. The highest BCUT2D eigenvalue weighted by Crippen LogP contribution is 2.40. The molecule has 2 aromatic carbocycles. The lowest BCUT2D eigenvalue weighted by Crippen LogP contribution is -2.01. The molecule has 0 atom stereocenters. The Balaban J connectivity index is 1.43. The van der Waals surface area contributed by atoms with Gasteiger partial charge in [0.05, 0.1) is 13.2 Å². The van der Waals surface area contributed by atoms with Crippen molar-refractivity contribution in [1.82, 2.24) is 0 Å². The Morgan fingerprint density at radius 2 is 0.882 bits per heavy atom. The first kappa shape index (κ1) is 26.3. The van der Waals surface area contributed by atoms with Crippen molar-refractivity contribution in [3.63, 3.8) is 0 Å². The average Bonchev–Trinajstić information content (AvgIpc) is 3.13. The summed E-state index contributed by atoms with van der Waals surface area (Å²) in [6.07, 6.45) is 17.7. The number of carbonyl (C=O) groups is 1. The molecule has 0 amide bonds. The minimum absolute atomic E-state index is 0.0766. The highest BCUT2D eigenvalue weighted by atomic mass is 16.5. The summed E-state index contributed by atoms with van der Waals surface area (Å²) in [6.45, 7) is 5.92. The first-order valence-corrected chi connectivity index (χ1v) is 13.8. The van der Waals surface area contributed by atoms with Gasteiger partial charge in [0.2, 0.25) is 0 Å². The van der Waals surface area contributed by atoms with Gasteiger partial charge >= 0.3 is 0 Å². The first-order chi connectivity index (χ1) is 16.7. The van der Waals surface area contributed by atoms with Crippen LogP contribution in [0.2, 0.25) is 0 Å². The van der Waals surface area contributed by atoms with Crippen molar-refractivity contribution in [2.75, 3.05) is 13.2 Å². The Kier molecular flexibility index (Phi) is 11.5. The van der Waals surface area contributed by atoms with Crippen molar-refractivity contribution in [3.05, 3.63) is 47.5 Å². The summed E-state index contributed by atoms with van der Waals surface area (Å²) in [5, 5.41) is 0. The van der Waals surface area contributed by atoms with E-state index in [-0.39, 0.29) is 5.78 Å². The maximum Gasteiger partial charge on any atom is 0.194 e. The van der Waals surface area contributed by atoms with Crippen molar-refractivity contribution in [2.45, 2.75) is 104 Å². The Hall–Kier alpha value is -2.29. The quantitative estimate of drug-likeness (QED) is 0.176. The van der Waals surface area contributed by atoms with E-state index >= 15 is 0 Å². The minimum Gasteiger partial charge on any atom is -0.494 e. The number of ether oxygens (including phenoxy) is 2. The van der Waals surface area contributed by atoms with E-state index in [1.54, 1.807) is 0 Å². The second kappa shape index (κ2) is 14.9. The Morgan fingerprint density at radius 3 is 1.29 bits per heavy atom. The van der Waals surface area contributed by atoms with E-state index in [1.807, 2.05) is 36.4 Å². The monoisotopic (exact) mass is 464 g/mol. The topological polar surface area (TPSA) is 35.5 Å². The van der Waals surface area contributed by atoms with Gasteiger partial charge in [-0.05, 0) is 60.4 Å². The summed E-state index contributed by atoms with van der Waals surface area (Å²) in [4.78, 5) is 13.1. The van der Waals surface area contributed by atoms with Gasteiger partial charge in [-0.2, -0.15) is 0 Å². The molecule has 3 heteroatoms. The third-order valence-electron chi connectivity index (χ3n) is 6.79. The van der Waals surface area contributed by atoms with Crippen LogP contribution in [-0.4, -0.2) is 19.0 Å². The molecule has 0 aliphatic heterocycles. The SMILES string of the molecule is CCCCCCCCCOc1ccc2c(c1)C(=O)c1cc(OCCCCCCCCC)ccc1-2. The number of hydrogen-bond acceptors (Lipinski definition) is 3. The molecule has 0 N–H and O–H groups in total. The molecule has 1 aliphatic rings. The molecule has 34 heavy (non-hydrogen) atoms. The summed E-state index contributed by atoms with van der Waals surface area (Å²) >= 11 is 0. The van der Waals surface area contributed by atoms with Crippen LogP contribution in [0.25, 0.3) is 11.1 Å². The summed E-state index contributed by atoms with van der Waals surface area (Å²) in [5.41, 5.74) is 3.50. The third kappa shape index (κ3) is 7.89. The van der Waals surface area contributed by atoms with Crippen LogP contribution in [0.5, 0.6) is 11.5 Å². The van der Waals surface area contributed by atoms with Crippen LogP contribution in [0.3, 0.4) is 0 Å². The van der Waals surface area contributed by atoms with Crippen LogP contribution < -0.4 is 9.47 Å². The summed E-state index contributed by atoms with van der Waals surface area (Å²) < 4.78 is 11.9. The molecule has 3 rings (SSSR count). The van der Waals surface area contributed by atoms with E-state index < -0.39 is 0 Å². The van der Waals surface area contributed by atoms with Crippen LogP contribution >= 0.6 is 0 Å². The first-order valence-electron chi connectivity index (χ1n) is 13.8. The fourth-order valence-corrected chi connectivity index (χ4v) is 4.72. The molecule has 1 aliphatic carbocycles. The Labute approximate surface area is 207 Å². The molecule has 0 spiro atoms. The number of hydrogen-bond donors (Lipinski definition) is 0. The molecule has 0 heterocycles. The smallest absolute Gasteiger partial charge is 0.194 e. The molecule has 0 saturated heterocycles. The van der Waals surface area contributed by atoms with Gasteiger partial charge in [0.15, 0.2) is 5.78 Å². The standard InChI is InChI=1S/C31H44O3/c1-3-5-7-9-11-13-15-21-33-25-17-19-27-28-20-18-26(24-30(28)31(32)29(27)23-25)34-22-16-14-12-10-8-6-4-2/h17-20,23-24H,3-16,21-22H2,1-2H3. The molecular weight excluding hydrogens is 420 g/mol. The van der Waals surface area contributed by atoms with Crippen LogP contribution in [0.1, 0.15) is 120 Å². The summed E-state index contributed by atoms with van der Waals surface area (Å²) in [6, 6.07) is 11.9. The van der Waals surface area contributed by atoms with E-state index in [2.05, 4.69) is 13.8 Å². The molecule has 2 aromatic rings. The zero-order valence-corrected chi connectivity index (χ0v) is 21.5. The maximum atomic E-state index is 13.1. The second-order valence-corrected chi connectivity index (χ2v) is 9.68. The van der Waals surface area contributed by atoms with Crippen molar-refractivity contribution in [1.29, 1.82) is 0 Å². The van der Waals surface area contributed by atoms with Crippen molar-refractivity contribution in [2.24, 2.45) is 0 Å². The van der Waals surface area contributed by atoms with Gasteiger partial charge in [-0.1, -0.05) is 90.9 Å². The van der Waals surface area contributed by atoms with Crippen molar-refractivity contribution in [3.8, 4) is 22.6 Å². The second-order valence-electron chi connectivity index (χ2n) is 9.68. The number of benzene rings is 2. The Bertz CT molecular complexity index is 815. The predicted molar refractivity (Wildman–Crippen MR) is 142 cm³/mol. The zero-order valence-electron chi connectivity index (χ0n) is 21.5. The molecule has 186 valence electrons. The summed E-state index contributed by atoms with van der Waals surface area (Å²) in [7, 11) is 0. The lowest BCUT2D eigenvalue weighted by atomic mass is 10.1. The number of carbonyl (C=O) groups excluding carboxylic acids is 1. The highest BCUT2D eigenvalue weighted by Gasteiger charge is 2.27. The molecule has 0 fully saturated rings. The van der Waals surface area contributed by atoms with E-state index in [0.29, 0.717) is 13.2 Å². The molecule has 0 radical (unpaired) electrons. The fourth-order valence-electron chi connectivity index (χ4n) is 4.72. The summed E-state index contributed by atoms with van der Waals surface area (Å²) in [5.74, 6) is 1.66. The average molecular weight is 465 g/mol. The fraction of sp³-hybridized carbons (Fsp3) is 0.581. The largest absolute Gasteiger partial charge is 0.494 e. The van der Waals surface area contributed by atoms with Crippen LogP contribution in [0, 0.1) is 0 Å². The van der Waals surface area contributed by atoms with E-state index in [9.17, 15) is 4.79 Å². The predicted octanol–water partition coefficient (Wildman–Crippen LogP) is 9.16. The van der Waals surface area contributed by atoms with Gasteiger partial charge in [-0.3, -0.25) is 4.79 Å². The van der Waals surface area contributed by atoms with E-state index in [0.717, 1.165) is 46.6 Å². The zero-order chi connectivity index (χ0) is 24.0. The molecule has 0 bridgehead atoms. The molecule has 0 unspecified atom stereocenters. The molecule has 0 aromatic heterocycles.